The Morgan fingerprint density at radius 1 is 1.40 bits per heavy atom. The number of halogens is 1. The predicted octanol–water partition coefficient (Wildman–Crippen LogP) is 3.74. The lowest BCUT2D eigenvalue weighted by atomic mass is 10.0. The first-order valence-electron chi connectivity index (χ1n) is 4.43. The van der Waals surface area contributed by atoms with Crippen LogP contribution in [0.25, 0.3) is 0 Å². The average molecular weight is 205 g/mol. The monoisotopic (exact) mass is 204 g/mol. The van der Waals surface area contributed by atoms with Gasteiger partial charge < -0.3 is 0 Å². The van der Waals surface area contributed by atoms with E-state index < -0.39 is 0 Å². The van der Waals surface area contributed by atoms with E-state index in [-0.39, 0.29) is 0 Å². The summed E-state index contributed by atoms with van der Waals surface area (Å²) >= 11 is 3.58. The molecular weight excluding hydrogens is 188 g/mol. The second-order valence-electron chi connectivity index (χ2n) is 3.51. The number of hydrogen-bond donors (Lipinski definition) is 0. The summed E-state index contributed by atoms with van der Waals surface area (Å²) < 4.78 is 0. The van der Waals surface area contributed by atoms with Gasteiger partial charge in [0.2, 0.25) is 0 Å². The smallest absolute Gasteiger partial charge is 0.0117 e. The summed E-state index contributed by atoms with van der Waals surface area (Å²) in [7, 11) is 0. The maximum Gasteiger partial charge on any atom is 0.0117 e. The molecule has 0 spiro atoms. The normalized spacial score (nSPS) is 23.4. The van der Waals surface area contributed by atoms with Crippen molar-refractivity contribution >= 4 is 15.9 Å². The third kappa shape index (κ3) is 3.05. The van der Waals surface area contributed by atoms with Crippen molar-refractivity contribution in [3.8, 4) is 0 Å². The Kier molecular flexibility index (Phi) is 3.75. The van der Waals surface area contributed by atoms with Crippen LogP contribution in [0.5, 0.6) is 0 Å². The van der Waals surface area contributed by atoms with Gasteiger partial charge in [-0.15, -0.1) is 0 Å². The third-order valence-corrected chi connectivity index (χ3v) is 2.91. The molecule has 10 heavy (non-hydrogen) atoms. The number of rotatable bonds is 3. The largest absolute Gasteiger partial charge is 0.0894 e. The highest BCUT2D eigenvalue weighted by Gasteiger charge is 2.14. The van der Waals surface area contributed by atoms with Gasteiger partial charge in [0.15, 0.2) is 0 Å². The van der Waals surface area contributed by atoms with Crippen molar-refractivity contribution < 1.29 is 0 Å². The Bertz CT molecular complexity index is 82.7. The molecule has 1 saturated carbocycles. The van der Waals surface area contributed by atoms with Crippen LogP contribution in [0.2, 0.25) is 0 Å². The van der Waals surface area contributed by atoms with Gasteiger partial charge in [0.05, 0.1) is 0 Å². The van der Waals surface area contributed by atoms with E-state index in [1.807, 2.05) is 0 Å². The zero-order valence-electron chi connectivity index (χ0n) is 6.78. The van der Waals surface area contributed by atoms with Crippen LogP contribution in [-0.4, -0.2) is 4.83 Å². The summed E-state index contributed by atoms with van der Waals surface area (Å²) in [5.41, 5.74) is 0. The van der Waals surface area contributed by atoms with Crippen molar-refractivity contribution in [2.45, 2.75) is 50.3 Å². The molecule has 0 radical (unpaired) electrons. The molecule has 0 bridgehead atoms. The van der Waals surface area contributed by atoms with E-state index in [2.05, 4.69) is 22.9 Å². The highest BCUT2D eigenvalue weighted by atomic mass is 79.9. The first kappa shape index (κ1) is 8.58. The van der Waals surface area contributed by atoms with Crippen molar-refractivity contribution in [1.82, 2.24) is 0 Å². The lowest BCUT2D eigenvalue weighted by Gasteiger charge is -2.08. The fourth-order valence-corrected chi connectivity index (χ4v) is 2.03. The van der Waals surface area contributed by atoms with Crippen LogP contribution < -0.4 is 0 Å². The SMILES string of the molecule is CC(Br)CCC1CCCC1. The van der Waals surface area contributed by atoms with Crippen LogP contribution in [0.15, 0.2) is 0 Å². The fraction of sp³-hybridized carbons (Fsp3) is 1.00. The van der Waals surface area contributed by atoms with E-state index in [0.717, 1.165) is 10.7 Å². The molecule has 0 amide bonds. The molecule has 1 rings (SSSR count). The first-order chi connectivity index (χ1) is 4.79. The van der Waals surface area contributed by atoms with E-state index >= 15 is 0 Å². The molecule has 1 heteroatoms. The molecule has 1 unspecified atom stereocenters. The summed E-state index contributed by atoms with van der Waals surface area (Å²) in [4.78, 5) is 0.730. The molecule has 1 fully saturated rings. The summed E-state index contributed by atoms with van der Waals surface area (Å²) in [6.07, 6.45) is 8.79. The maximum absolute atomic E-state index is 3.58. The molecule has 0 aromatic carbocycles. The van der Waals surface area contributed by atoms with Crippen molar-refractivity contribution in [1.29, 1.82) is 0 Å². The molecule has 0 aromatic rings. The van der Waals surface area contributed by atoms with Crippen LogP contribution in [0, 0.1) is 5.92 Å². The lowest BCUT2D eigenvalue weighted by Crippen LogP contribution is -1.97. The van der Waals surface area contributed by atoms with Gasteiger partial charge in [-0.25, -0.2) is 0 Å². The van der Waals surface area contributed by atoms with Gasteiger partial charge in [-0.2, -0.15) is 0 Å². The minimum Gasteiger partial charge on any atom is -0.0894 e. The quantitative estimate of drug-likeness (QED) is 0.615. The minimum absolute atomic E-state index is 0.730. The van der Waals surface area contributed by atoms with Gasteiger partial charge in [0.1, 0.15) is 0 Å². The second kappa shape index (κ2) is 4.38. The molecule has 1 aliphatic rings. The molecule has 60 valence electrons. The fourth-order valence-electron chi connectivity index (χ4n) is 1.76. The van der Waals surface area contributed by atoms with Crippen molar-refractivity contribution in [2.24, 2.45) is 5.92 Å². The Balaban J connectivity index is 2.01. The average Bonchev–Trinajstić information content (AvgIpc) is 2.34. The highest BCUT2D eigenvalue weighted by molar-refractivity contribution is 9.09. The molecule has 0 nitrogen and oxygen atoms in total. The Hall–Kier alpha value is 0.480. The summed E-state index contributed by atoms with van der Waals surface area (Å²) in [5, 5.41) is 0. The van der Waals surface area contributed by atoms with E-state index in [0.29, 0.717) is 0 Å². The van der Waals surface area contributed by atoms with Crippen LogP contribution in [-0.2, 0) is 0 Å². The van der Waals surface area contributed by atoms with Gasteiger partial charge >= 0.3 is 0 Å². The van der Waals surface area contributed by atoms with Gasteiger partial charge in [-0.3, -0.25) is 0 Å². The van der Waals surface area contributed by atoms with Crippen LogP contribution >= 0.6 is 15.9 Å². The Morgan fingerprint density at radius 2 is 2.00 bits per heavy atom. The number of alkyl halides is 1. The van der Waals surface area contributed by atoms with Crippen LogP contribution in [0.4, 0.5) is 0 Å². The van der Waals surface area contributed by atoms with E-state index in [9.17, 15) is 0 Å². The lowest BCUT2D eigenvalue weighted by molar-refractivity contribution is 0.485. The summed E-state index contributed by atoms with van der Waals surface area (Å²) in [6, 6.07) is 0. The predicted molar refractivity (Wildman–Crippen MR) is 49.6 cm³/mol. The van der Waals surface area contributed by atoms with E-state index in [4.69, 9.17) is 0 Å². The van der Waals surface area contributed by atoms with Crippen molar-refractivity contribution in [3.05, 3.63) is 0 Å². The molecular formula is C9H17Br. The van der Waals surface area contributed by atoms with Gasteiger partial charge in [0.25, 0.3) is 0 Å². The molecule has 0 N–H and O–H groups in total. The highest BCUT2D eigenvalue weighted by Crippen LogP contribution is 2.29. The van der Waals surface area contributed by atoms with E-state index in [1.165, 1.54) is 38.5 Å². The van der Waals surface area contributed by atoms with Crippen LogP contribution in [0.3, 0.4) is 0 Å². The van der Waals surface area contributed by atoms with Gasteiger partial charge in [0, 0.05) is 4.83 Å². The molecule has 1 atom stereocenters. The van der Waals surface area contributed by atoms with Gasteiger partial charge in [-0.1, -0.05) is 48.5 Å². The number of hydrogen-bond acceptors (Lipinski definition) is 0. The second-order valence-corrected chi connectivity index (χ2v) is 5.07. The Labute approximate surface area is 72.5 Å². The third-order valence-electron chi connectivity index (χ3n) is 2.45. The first-order valence-corrected chi connectivity index (χ1v) is 5.34. The molecule has 0 heterocycles. The zero-order valence-corrected chi connectivity index (χ0v) is 8.36. The van der Waals surface area contributed by atoms with E-state index in [1.54, 1.807) is 0 Å². The molecule has 0 aromatic heterocycles. The summed E-state index contributed by atoms with van der Waals surface area (Å²) in [5.74, 6) is 1.07. The summed E-state index contributed by atoms with van der Waals surface area (Å²) in [6.45, 7) is 2.24. The topological polar surface area (TPSA) is 0 Å². The molecule has 0 saturated heterocycles. The Morgan fingerprint density at radius 3 is 2.50 bits per heavy atom. The molecule has 0 aliphatic heterocycles. The minimum atomic E-state index is 0.730. The molecule has 1 aliphatic carbocycles. The van der Waals surface area contributed by atoms with Crippen molar-refractivity contribution in [3.63, 3.8) is 0 Å². The van der Waals surface area contributed by atoms with Gasteiger partial charge in [-0.05, 0) is 18.8 Å². The zero-order chi connectivity index (χ0) is 7.40. The van der Waals surface area contributed by atoms with Crippen molar-refractivity contribution in [2.75, 3.05) is 0 Å². The van der Waals surface area contributed by atoms with Crippen LogP contribution in [0.1, 0.15) is 45.4 Å². The standard InChI is InChI=1S/C9H17Br/c1-8(10)6-7-9-4-2-3-5-9/h8-9H,2-7H2,1H3. The maximum atomic E-state index is 3.58.